The van der Waals surface area contributed by atoms with Crippen LogP contribution in [-0.4, -0.2) is 31.2 Å². The number of halogens is 1. The molecule has 0 spiro atoms. The molecule has 1 N–H and O–H groups in total. The van der Waals surface area contributed by atoms with Crippen LogP contribution >= 0.6 is 11.6 Å². The van der Waals surface area contributed by atoms with E-state index in [1.54, 1.807) is 36.4 Å². The third-order valence-corrected chi connectivity index (χ3v) is 3.81. The summed E-state index contributed by atoms with van der Waals surface area (Å²) in [6.45, 7) is 4.68. The van der Waals surface area contributed by atoms with Crippen molar-refractivity contribution in [3.8, 4) is 23.0 Å². The quantitative estimate of drug-likeness (QED) is 0.532. The molecule has 138 valence electrons. The summed E-state index contributed by atoms with van der Waals surface area (Å²) >= 11 is 5.97. The van der Waals surface area contributed by atoms with Crippen molar-refractivity contribution < 1.29 is 24.1 Å². The molecule has 0 amide bonds. The van der Waals surface area contributed by atoms with Gasteiger partial charge in [0.25, 0.3) is 0 Å². The second-order valence-electron chi connectivity index (χ2n) is 5.28. The monoisotopic (exact) mass is 376 g/mol. The van der Waals surface area contributed by atoms with Crippen molar-refractivity contribution in [2.24, 2.45) is 0 Å². The summed E-state index contributed by atoms with van der Waals surface area (Å²) < 4.78 is 16.1. The van der Waals surface area contributed by atoms with E-state index in [2.05, 4.69) is 0 Å². The van der Waals surface area contributed by atoms with Crippen molar-refractivity contribution in [2.75, 3.05) is 20.3 Å². The van der Waals surface area contributed by atoms with Crippen LogP contribution in [0, 0.1) is 0 Å². The van der Waals surface area contributed by atoms with E-state index in [1.807, 2.05) is 13.8 Å². The summed E-state index contributed by atoms with van der Waals surface area (Å²) in [5.74, 6) is 0.950. The minimum atomic E-state index is -0.238. The zero-order valence-corrected chi connectivity index (χ0v) is 15.7. The number of rotatable bonds is 8. The van der Waals surface area contributed by atoms with Gasteiger partial charge in [-0.3, -0.25) is 4.79 Å². The van der Waals surface area contributed by atoms with Gasteiger partial charge < -0.3 is 19.3 Å². The maximum atomic E-state index is 12.6. The molecular formula is C20H21ClO5. The Morgan fingerprint density at radius 1 is 1.12 bits per heavy atom. The van der Waals surface area contributed by atoms with Crippen LogP contribution in [0.1, 0.15) is 29.8 Å². The molecule has 0 aliphatic rings. The van der Waals surface area contributed by atoms with Crippen LogP contribution in [0.3, 0.4) is 0 Å². The number of ether oxygens (including phenoxy) is 3. The van der Waals surface area contributed by atoms with Gasteiger partial charge in [-0.15, -0.1) is 0 Å². The highest BCUT2D eigenvalue weighted by Crippen LogP contribution is 2.35. The first-order valence-corrected chi connectivity index (χ1v) is 8.56. The number of carbonyl (C=O) groups excluding carboxylic acids is 1. The Hall–Kier alpha value is -2.66. The Labute approximate surface area is 157 Å². The first-order chi connectivity index (χ1) is 12.5. The summed E-state index contributed by atoms with van der Waals surface area (Å²) in [5, 5.41) is 9.92. The second kappa shape index (κ2) is 9.15. The number of phenolic OH excluding ortho intramolecular Hbond substituents is 1. The molecule has 0 bridgehead atoms. The first kappa shape index (κ1) is 19.7. The number of phenols is 1. The molecule has 0 saturated heterocycles. The molecule has 0 unspecified atom stereocenters. The third-order valence-electron chi connectivity index (χ3n) is 3.53. The number of hydrogen-bond donors (Lipinski definition) is 1. The first-order valence-electron chi connectivity index (χ1n) is 8.18. The molecule has 0 atom stereocenters. The Kier molecular flexibility index (Phi) is 6.92. The predicted octanol–water partition coefficient (Wildman–Crippen LogP) is 4.75. The van der Waals surface area contributed by atoms with E-state index in [1.165, 1.54) is 13.2 Å². The van der Waals surface area contributed by atoms with Gasteiger partial charge in [-0.05, 0) is 55.8 Å². The number of methoxy groups -OCH3 is 1. The molecule has 0 aromatic heterocycles. The number of hydrogen-bond acceptors (Lipinski definition) is 5. The van der Waals surface area contributed by atoms with Gasteiger partial charge >= 0.3 is 0 Å². The standard InChI is InChI=1S/C20H21ClO5/c1-4-25-14-7-9-18(26-5-2)15(12-14)17(22)8-6-13-10-16(21)20(23)19(11-13)24-3/h6-12,23H,4-5H2,1-3H3/b8-6+. The van der Waals surface area contributed by atoms with Crippen LogP contribution in [0.4, 0.5) is 0 Å². The fourth-order valence-corrected chi connectivity index (χ4v) is 2.57. The number of carbonyl (C=O) groups is 1. The third kappa shape index (κ3) is 4.70. The molecule has 2 rings (SSSR count). The molecule has 0 fully saturated rings. The van der Waals surface area contributed by atoms with Crippen LogP contribution in [0.2, 0.25) is 5.02 Å². The summed E-state index contributed by atoms with van der Waals surface area (Å²) in [5.41, 5.74) is 1.03. The maximum absolute atomic E-state index is 12.6. The summed E-state index contributed by atoms with van der Waals surface area (Å²) in [6.07, 6.45) is 3.01. The topological polar surface area (TPSA) is 65.0 Å². The van der Waals surface area contributed by atoms with Gasteiger partial charge in [0.15, 0.2) is 17.3 Å². The van der Waals surface area contributed by atoms with Gasteiger partial charge in [-0.25, -0.2) is 0 Å². The van der Waals surface area contributed by atoms with Gasteiger partial charge in [0, 0.05) is 0 Å². The lowest BCUT2D eigenvalue weighted by atomic mass is 10.1. The normalized spacial score (nSPS) is 10.8. The fourth-order valence-electron chi connectivity index (χ4n) is 2.35. The van der Waals surface area contributed by atoms with Crippen molar-refractivity contribution in [3.05, 3.63) is 52.6 Å². The molecular weight excluding hydrogens is 356 g/mol. The van der Waals surface area contributed by atoms with Gasteiger partial charge in [-0.2, -0.15) is 0 Å². The van der Waals surface area contributed by atoms with E-state index < -0.39 is 0 Å². The largest absolute Gasteiger partial charge is 0.503 e. The molecule has 0 radical (unpaired) electrons. The highest BCUT2D eigenvalue weighted by atomic mass is 35.5. The van der Waals surface area contributed by atoms with E-state index in [0.717, 1.165) is 0 Å². The highest BCUT2D eigenvalue weighted by Gasteiger charge is 2.13. The minimum Gasteiger partial charge on any atom is -0.503 e. The predicted molar refractivity (Wildman–Crippen MR) is 102 cm³/mol. The maximum Gasteiger partial charge on any atom is 0.189 e. The Balaban J connectivity index is 2.32. The molecule has 0 heterocycles. The zero-order valence-electron chi connectivity index (χ0n) is 14.9. The van der Waals surface area contributed by atoms with E-state index in [4.69, 9.17) is 25.8 Å². The number of allylic oxidation sites excluding steroid dienone is 1. The van der Waals surface area contributed by atoms with Crippen LogP contribution in [0.15, 0.2) is 36.4 Å². The van der Waals surface area contributed by atoms with Gasteiger partial charge in [0.05, 0.1) is 30.9 Å². The Morgan fingerprint density at radius 2 is 1.85 bits per heavy atom. The molecule has 26 heavy (non-hydrogen) atoms. The molecule has 5 nitrogen and oxygen atoms in total. The average Bonchev–Trinajstić information content (AvgIpc) is 2.64. The van der Waals surface area contributed by atoms with Crippen LogP contribution in [0.25, 0.3) is 6.08 Å². The molecule has 2 aromatic carbocycles. The molecule has 6 heteroatoms. The zero-order chi connectivity index (χ0) is 19.1. The number of aromatic hydroxyl groups is 1. The lowest BCUT2D eigenvalue weighted by Crippen LogP contribution is -2.03. The number of benzene rings is 2. The van der Waals surface area contributed by atoms with E-state index in [-0.39, 0.29) is 22.3 Å². The van der Waals surface area contributed by atoms with Crippen molar-refractivity contribution in [2.45, 2.75) is 13.8 Å². The fraction of sp³-hybridized carbons (Fsp3) is 0.250. The van der Waals surface area contributed by atoms with E-state index in [0.29, 0.717) is 35.8 Å². The number of ketones is 1. The molecule has 0 aliphatic heterocycles. The summed E-state index contributed by atoms with van der Waals surface area (Å²) in [7, 11) is 1.43. The van der Waals surface area contributed by atoms with Crippen molar-refractivity contribution in [3.63, 3.8) is 0 Å². The summed E-state index contributed by atoms with van der Waals surface area (Å²) in [6, 6.07) is 8.27. The average molecular weight is 377 g/mol. The summed E-state index contributed by atoms with van der Waals surface area (Å²) in [4.78, 5) is 12.6. The molecule has 0 saturated carbocycles. The van der Waals surface area contributed by atoms with Crippen molar-refractivity contribution in [1.29, 1.82) is 0 Å². The van der Waals surface area contributed by atoms with Crippen molar-refractivity contribution in [1.82, 2.24) is 0 Å². The Morgan fingerprint density at radius 3 is 2.50 bits per heavy atom. The Bertz CT molecular complexity index is 814. The van der Waals surface area contributed by atoms with Crippen molar-refractivity contribution >= 4 is 23.5 Å². The lowest BCUT2D eigenvalue weighted by molar-refractivity contribution is 0.104. The lowest BCUT2D eigenvalue weighted by Gasteiger charge is -2.10. The SMILES string of the molecule is CCOc1ccc(OCC)c(C(=O)/C=C/c2cc(Cl)c(O)c(OC)c2)c1. The van der Waals surface area contributed by atoms with Gasteiger partial charge in [0.2, 0.25) is 0 Å². The minimum absolute atomic E-state index is 0.138. The van der Waals surface area contributed by atoms with E-state index in [9.17, 15) is 9.90 Å². The van der Waals surface area contributed by atoms with Gasteiger partial charge in [0.1, 0.15) is 11.5 Å². The van der Waals surface area contributed by atoms with Crippen LogP contribution < -0.4 is 14.2 Å². The highest BCUT2D eigenvalue weighted by molar-refractivity contribution is 6.32. The van der Waals surface area contributed by atoms with Gasteiger partial charge in [-0.1, -0.05) is 17.7 Å². The van der Waals surface area contributed by atoms with E-state index >= 15 is 0 Å². The van der Waals surface area contributed by atoms with Crippen LogP contribution in [-0.2, 0) is 0 Å². The van der Waals surface area contributed by atoms with Crippen LogP contribution in [0.5, 0.6) is 23.0 Å². The smallest absolute Gasteiger partial charge is 0.189 e. The molecule has 2 aromatic rings. The second-order valence-corrected chi connectivity index (χ2v) is 5.68. The molecule has 0 aliphatic carbocycles.